The maximum Gasteiger partial charge on any atom is 0.0591 e. The van der Waals surface area contributed by atoms with Crippen LogP contribution in [-0.4, -0.2) is 26.3 Å². The average Bonchev–Trinajstić information content (AvgIpc) is 2.07. The summed E-state index contributed by atoms with van der Waals surface area (Å²) >= 11 is 0. The van der Waals surface area contributed by atoms with Gasteiger partial charge in [0.15, 0.2) is 0 Å². The van der Waals surface area contributed by atoms with Gasteiger partial charge in [-0.2, -0.15) is 0 Å². The lowest BCUT2D eigenvalue weighted by atomic mass is 9.85. The van der Waals surface area contributed by atoms with Crippen molar-refractivity contribution in [3.05, 3.63) is 12.7 Å². The second-order valence-electron chi connectivity index (χ2n) is 3.69. The Kier molecular flexibility index (Phi) is 5.87. The Bertz CT molecular complexity index is 132. The van der Waals surface area contributed by atoms with Crippen molar-refractivity contribution >= 4 is 0 Å². The van der Waals surface area contributed by atoms with Gasteiger partial charge in [0.1, 0.15) is 0 Å². The Morgan fingerprint density at radius 2 is 2.23 bits per heavy atom. The van der Waals surface area contributed by atoms with E-state index >= 15 is 0 Å². The largest absolute Gasteiger partial charge is 0.380 e. The lowest BCUT2D eigenvalue weighted by Crippen LogP contribution is -2.29. The van der Waals surface area contributed by atoms with Gasteiger partial charge in [-0.15, -0.1) is 6.58 Å². The van der Waals surface area contributed by atoms with Crippen LogP contribution in [0, 0.1) is 5.92 Å². The highest BCUT2D eigenvalue weighted by atomic mass is 16.5. The molecule has 1 fully saturated rings. The van der Waals surface area contributed by atoms with Crippen LogP contribution in [-0.2, 0) is 4.74 Å². The van der Waals surface area contributed by atoms with Gasteiger partial charge >= 0.3 is 0 Å². The maximum absolute atomic E-state index is 5.37. The van der Waals surface area contributed by atoms with Crippen LogP contribution in [0.3, 0.4) is 0 Å². The van der Waals surface area contributed by atoms with Crippen LogP contribution >= 0.6 is 0 Å². The number of hydrogen-bond acceptors (Lipinski definition) is 2. The second-order valence-corrected chi connectivity index (χ2v) is 3.69. The van der Waals surface area contributed by atoms with Gasteiger partial charge in [0.25, 0.3) is 0 Å². The average molecular weight is 183 g/mol. The predicted molar refractivity (Wildman–Crippen MR) is 55.8 cm³/mol. The minimum Gasteiger partial charge on any atom is -0.380 e. The van der Waals surface area contributed by atoms with Crippen LogP contribution in [0.5, 0.6) is 0 Å². The lowest BCUT2D eigenvalue weighted by molar-refractivity contribution is 0.138. The van der Waals surface area contributed by atoms with Gasteiger partial charge in [0.05, 0.1) is 13.2 Å². The number of hydrogen-bond donors (Lipinski definition) is 1. The molecule has 0 aromatic carbocycles. The van der Waals surface area contributed by atoms with Gasteiger partial charge in [-0.1, -0.05) is 12.5 Å². The molecule has 1 N–H and O–H groups in total. The van der Waals surface area contributed by atoms with Gasteiger partial charge < -0.3 is 10.1 Å². The topological polar surface area (TPSA) is 21.3 Å². The molecule has 0 radical (unpaired) electrons. The molecule has 0 aliphatic heterocycles. The molecule has 0 bridgehead atoms. The SMILES string of the molecule is C=CCCOCCNCC1CCC1. The van der Waals surface area contributed by atoms with Crippen molar-refractivity contribution in [1.29, 1.82) is 0 Å². The fraction of sp³-hybridized carbons (Fsp3) is 0.818. The molecule has 0 heterocycles. The van der Waals surface area contributed by atoms with Crippen molar-refractivity contribution in [2.75, 3.05) is 26.3 Å². The van der Waals surface area contributed by atoms with Crippen molar-refractivity contribution < 1.29 is 4.74 Å². The molecule has 1 aliphatic rings. The van der Waals surface area contributed by atoms with E-state index in [2.05, 4.69) is 11.9 Å². The first kappa shape index (κ1) is 10.7. The molecule has 0 amide bonds. The Balaban J connectivity index is 1.70. The molecule has 2 nitrogen and oxygen atoms in total. The first-order valence-corrected chi connectivity index (χ1v) is 5.33. The summed E-state index contributed by atoms with van der Waals surface area (Å²) in [6.07, 6.45) is 7.13. The van der Waals surface area contributed by atoms with Crippen LogP contribution in [0.4, 0.5) is 0 Å². The van der Waals surface area contributed by atoms with E-state index in [4.69, 9.17) is 4.74 Å². The Hall–Kier alpha value is -0.340. The van der Waals surface area contributed by atoms with Crippen molar-refractivity contribution in [3.63, 3.8) is 0 Å². The summed E-state index contributed by atoms with van der Waals surface area (Å²) in [5.74, 6) is 0.952. The first-order valence-electron chi connectivity index (χ1n) is 5.33. The third-order valence-electron chi connectivity index (χ3n) is 2.55. The third-order valence-corrected chi connectivity index (χ3v) is 2.55. The molecule has 0 aromatic heterocycles. The Labute approximate surface area is 81.4 Å². The summed E-state index contributed by atoms with van der Waals surface area (Å²) in [6, 6.07) is 0. The minimum atomic E-state index is 0.814. The van der Waals surface area contributed by atoms with Gasteiger partial charge in [0, 0.05) is 6.54 Å². The van der Waals surface area contributed by atoms with E-state index in [0.29, 0.717) is 0 Å². The van der Waals surface area contributed by atoms with Crippen molar-refractivity contribution in [3.8, 4) is 0 Å². The van der Waals surface area contributed by atoms with E-state index in [-0.39, 0.29) is 0 Å². The van der Waals surface area contributed by atoms with Crippen LogP contribution in [0.25, 0.3) is 0 Å². The zero-order chi connectivity index (χ0) is 9.36. The smallest absolute Gasteiger partial charge is 0.0591 e. The molecular formula is C11H21NO. The fourth-order valence-electron chi connectivity index (χ4n) is 1.42. The van der Waals surface area contributed by atoms with E-state index in [1.807, 2.05) is 6.08 Å². The van der Waals surface area contributed by atoms with Gasteiger partial charge in [-0.05, 0) is 31.7 Å². The standard InChI is InChI=1S/C11H21NO/c1-2-3-8-13-9-7-12-10-11-5-4-6-11/h2,11-12H,1,3-10H2. The molecule has 1 rings (SSSR count). The summed E-state index contributed by atoms with van der Waals surface area (Å²) in [6.45, 7) is 7.47. The highest BCUT2D eigenvalue weighted by molar-refractivity contribution is 4.71. The first-order chi connectivity index (χ1) is 6.43. The molecule has 0 atom stereocenters. The van der Waals surface area contributed by atoms with E-state index < -0.39 is 0 Å². The van der Waals surface area contributed by atoms with Crippen LogP contribution in [0.2, 0.25) is 0 Å². The number of ether oxygens (including phenoxy) is 1. The summed E-state index contributed by atoms with van der Waals surface area (Å²) in [5.41, 5.74) is 0. The van der Waals surface area contributed by atoms with Crippen molar-refractivity contribution in [2.45, 2.75) is 25.7 Å². The minimum absolute atomic E-state index is 0.814. The quantitative estimate of drug-likeness (QED) is 0.459. The molecule has 0 unspecified atom stereocenters. The Morgan fingerprint density at radius 1 is 1.38 bits per heavy atom. The second kappa shape index (κ2) is 7.10. The van der Waals surface area contributed by atoms with E-state index in [9.17, 15) is 0 Å². The van der Waals surface area contributed by atoms with E-state index in [0.717, 1.165) is 32.1 Å². The molecule has 13 heavy (non-hydrogen) atoms. The maximum atomic E-state index is 5.37. The molecule has 1 aliphatic carbocycles. The normalized spacial score (nSPS) is 16.9. The predicted octanol–water partition coefficient (Wildman–Crippen LogP) is 1.97. The molecule has 76 valence electrons. The fourth-order valence-corrected chi connectivity index (χ4v) is 1.42. The van der Waals surface area contributed by atoms with Gasteiger partial charge in [0.2, 0.25) is 0 Å². The van der Waals surface area contributed by atoms with E-state index in [1.54, 1.807) is 0 Å². The summed E-state index contributed by atoms with van der Waals surface area (Å²) in [4.78, 5) is 0. The van der Waals surface area contributed by atoms with Crippen molar-refractivity contribution in [1.82, 2.24) is 5.32 Å². The number of rotatable bonds is 8. The van der Waals surface area contributed by atoms with Gasteiger partial charge in [-0.25, -0.2) is 0 Å². The van der Waals surface area contributed by atoms with Crippen LogP contribution in [0.15, 0.2) is 12.7 Å². The zero-order valence-electron chi connectivity index (χ0n) is 8.43. The molecule has 1 saturated carbocycles. The number of nitrogens with one attached hydrogen (secondary N) is 1. The molecule has 0 aromatic rings. The highest BCUT2D eigenvalue weighted by Crippen LogP contribution is 2.24. The van der Waals surface area contributed by atoms with E-state index in [1.165, 1.54) is 25.8 Å². The molecule has 0 saturated heterocycles. The zero-order valence-corrected chi connectivity index (χ0v) is 8.43. The monoisotopic (exact) mass is 183 g/mol. The van der Waals surface area contributed by atoms with Crippen molar-refractivity contribution in [2.24, 2.45) is 5.92 Å². The molecular weight excluding hydrogens is 162 g/mol. The van der Waals surface area contributed by atoms with Gasteiger partial charge in [-0.3, -0.25) is 0 Å². The third kappa shape index (κ3) is 5.06. The molecule has 0 spiro atoms. The summed E-state index contributed by atoms with van der Waals surface area (Å²) in [5, 5.41) is 3.41. The highest BCUT2D eigenvalue weighted by Gasteiger charge is 2.15. The molecule has 2 heteroatoms. The summed E-state index contributed by atoms with van der Waals surface area (Å²) in [7, 11) is 0. The Morgan fingerprint density at radius 3 is 2.85 bits per heavy atom. The van der Waals surface area contributed by atoms with Crippen LogP contribution < -0.4 is 5.32 Å². The van der Waals surface area contributed by atoms with Crippen LogP contribution in [0.1, 0.15) is 25.7 Å². The lowest BCUT2D eigenvalue weighted by Gasteiger charge is -2.25. The summed E-state index contributed by atoms with van der Waals surface area (Å²) < 4.78 is 5.37.